The number of anilines is 2. The predicted molar refractivity (Wildman–Crippen MR) is 122 cm³/mol. The molecule has 3 amide bonds. The van der Waals surface area contributed by atoms with Gasteiger partial charge >= 0.3 is 6.03 Å². The first-order valence-electron chi connectivity index (χ1n) is 9.62. The molecule has 1 saturated carbocycles. The summed E-state index contributed by atoms with van der Waals surface area (Å²) in [4.78, 5) is 31.2. The van der Waals surface area contributed by atoms with E-state index in [9.17, 15) is 9.59 Å². The van der Waals surface area contributed by atoms with Gasteiger partial charge in [0.1, 0.15) is 9.48 Å². The van der Waals surface area contributed by atoms with Crippen LogP contribution in [0.25, 0.3) is 0 Å². The highest BCUT2D eigenvalue weighted by molar-refractivity contribution is 9.10. The van der Waals surface area contributed by atoms with Gasteiger partial charge < -0.3 is 11.1 Å². The van der Waals surface area contributed by atoms with E-state index in [4.69, 9.17) is 5.73 Å². The maximum Gasteiger partial charge on any atom is 0.325 e. The van der Waals surface area contributed by atoms with Crippen LogP contribution < -0.4 is 16.0 Å². The first-order valence-corrected chi connectivity index (χ1v) is 11.2. The number of primary amides is 1. The number of thiazole rings is 1. The number of aromatic nitrogens is 1. The summed E-state index contributed by atoms with van der Waals surface area (Å²) >= 11 is 4.49. The van der Waals surface area contributed by atoms with Crippen molar-refractivity contribution in [3.63, 3.8) is 0 Å². The van der Waals surface area contributed by atoms with Gasteiger partial charge in [0.2, 0.25) is 0 Å². The smallest absolute Gasteiger partial charge is 0.325 e. The lowest BCUT2D eigenvalue weighted by molar-refractivity contribution is 0.0954. The summed E-state index contributed by atoms with van der Waals surface area (Å²) in [6, 6.07) is 15.1. The van der Waals surface area contributed by atoms with Gasteiger partial charge in [0.25, 0.3) is 5.91 Å². The molecule has 0 saturated heterocycles. The highest BCUT2D eigenvalue weighted by atomic mass is 79.9. The molecule has 3 aromatic rings. The number of amides is 3. The summed E-state index contributed by atoms with van der Waals surface area (Å²) in [6.07, 6.45) is 2.32. The summed E-state index contributed by atoms with van der Waals surface area (Å²) in [7, 11) is 0. The quantitative estimate of drug-likeness (QED) is 0.501. The SMILES string of the molecule is Cc1ccc(C2CC2)cc1N(C(N)=O)c1nc(Br)c(C(=O)NCc2ccccc2)s1. The van der Waals surface area contributed by atoms with E-state index in [2.05, 4.69) is 32.3 Å². The van der Waals surface area contributed by atoms with E-state index in [-0.39, 0.29) is 5.91 Å². The summed E-state index contributed by atoms with van der Waals surface area (Å²) in [5, 5.41) is 3.24. The third-order valence-corrected chi connectivity index (χ3v) is 6.89. The Hall–Kier alpha value is -2.71. The van der Waals surface area contributed by atoms with Crippen LogP contribution in [0.15, 0.2) is 53.1 Å². The molecule has 4 rings (SSSR count). The van der Waals surface area contributed by atoms with Crippen molar-refractivity contribution in [2.24, 2.45) is 5.73 Å². The molecule has 0 unspecified atom stereocenters. The Morgan fingerprint density at radius 2 is 1.97 bits per heavy atom. The zero-order chi connectivity index (χ0) is 21.3. The number of carbonyl (C=O) groups excluding carboxylic acids is 2. The van der Waals surface area contributed by atoms with Gasteiger partial charge in [0.05, 0.1) is 5.69 Å². The van der Waals surface area contributed by atoms with Crippen LogP contribution in [0.1, 0.15) is 45.1 Å². The maximum atomic E-state index is 12.7. The second-order valence-corrected chi connectivity index (χ2v) is 9.01. The molecule has 1 aliphatic rings. The molecule has 1 heterocycles. The standard InChI is InChI=1S/C22H21BrN4O2S/c1-13-7-8-16(15-9-10-15)11-17(13)27(21(24)29)22-26-19(23)18(30-22)20(28)25-12-14-5-3-2-4-6-14/h2-8,11,15H,9-10,12H2,1H3,(H2,24,29)(H,25,28). The molecule has 3 N–H and O–H groups in total. The average molecular weight is 485 g/mol. The first kappa shape index (κ1) is 20.6. The number of nitrogens with one attached hydrogen (secondary N) is 1. The molecular formula is C22H21BrN4O2S. The molecule has 30 heavy (non-hydrogen) atoms. The molecule has 1 aromatic heterocycles. The lowest BCUT2D eigenvalue weighted by Crippen LogP contribution is -2.32. The Morgan fingerprint density at radius 1 is 1.23 bits per heavy atom. The number of rotatable bonds is 6. The van der Waals surface area contributed by atoms with Gasteiger partial charge in [-0.2, -0.15) is 0 Å². The number of aryl methyl sites for hydroxylation is 1. The second-order valence-electron chi connectivity index (χ2n) is 7.28. The molecule has 0 atom stereocenters. The molecule has 0 spiro atoms. The molecule has 154 valence electrons. The Balaban J connectivity index is 1.60. The highest BCUT2D eigenvalue weighted by Crippen LogP contribution is 2.43. The monoisotopic (exact) mass is 484 g/mol. The van der Waals surface area contributed by atoms with Crippen LogP contribution in [0.4, 0.5) is 15.6 Å². The fraction of sp³-hybridized carbons (Fsp3) is 0.227. The van der Waals surface area contributed by atoms with Gasteiger partial charge in [-0.25, -0.2) is 14.7 Å². The molecule has 1 fully saturated rings. The van der Waals surface area contributed by atoms with E-state index >= 15 is 0 Å². The van der Waals surface area contributed by atoms with E-state index in [1.807, 2.05) is 49.4 Å². The fourth-order valence-corrected chi connectivity index (χ4v) is 4.84. The van der Waals surface area contributed by atoms with Crippen molar-refractivity contribution in [3.8, 4) is 0 Å². The minimum absolute atomic E-state index is 0.262. The summed E-state index contributed by atoms with van der Waals surface area (Å²) in [5.41, 5.74) is 9.53. The Labute approximate surface area is 187 Å². The Bertz CT molecular complexity index is 1100. The number of urea groups is 1. The Morgan fingerprint density at radius 3 is 2.63 bits per heavy atom. The summed E-state index contributed by atoms with van der Waals surface area (Å²) < 4.78 is 0.385. The molecular weight excluding hydrogens is 464 g/mol. The van der Waals surface area contributed by atoms with E-state index < -0.39 is 6.03 Å². The third kappa shape index (κ3) is 4.39. The molecule has 2 aromatic carbocycles. The minimum Gasteiger partial charge on any atom is -0.351 e. The van der Waals surface area contributed by atoms with Crippen LogP contribution >= 0.6 is 27.3 Å². The van der Waals surface area contributed by atoms with E-state index in [0.717, 1.165) is 35.3 Å². The van der Waals surface area contributed by atoms with Crippen molar-refractivity contribution < 1.29 is 9.59 Å². The average Bonchev–Trinajstić information content (AvgIpc) is 3.51. The lowest BCUT2D eigenvalue weighted by atomic mass is 10.1. The molecule has 8 heteroatoms. The number of hydrogen-bond donors (Lipinski definition) is 2. The number of carbonyl (C=O) groups is 2. The molecule has 0 bridgehead atoms. The van der Waals surface area contributed by atoms with Gasteiger partial charge in [-0.1, -0.05) is 53.8 Å². The molecule has 1 aliphatic carbocycles. The number of hydrogen-bond acceptors (Lipinski definition) is 4. The highest BCUT2D eigenvalue weighted by Gasteiger charge is 2.28. The topological polar surface area (TPSA) is 88.3 Å². The van der Waals surface area contributed by atoms with Crippen LogP contribution in [0.3, 0.4) is 0 Å². The maximum absolute atomic E-state index is 12.7. The number of halogens is 1. The second kappa shape index (κ2) is 8.57. The molecule has 0 aliphatic heterocycles. The van der Waals surface area contributed by atoms with Gasteiger partial charge in [0.15, 0.2) is 5.13 Å². The van der Waals surface area contributed by atoms with Gasteiger partial charge in [-0.05, 0) is 64.4 Å². The minimum atomic E-state index is -0.636. The zero-order valence-electron chi connectivity index (χ0n) is 16.4. The summed E-state index contributed by atoms with van der Waals surface area (Å²) in [5.74, 6) is 0.281. The predicted octanol–water partition coefficient (Wildman–Crippen LogP) is 5.24. The normalized spacial score (nSPS) is 13.1. The zero-order valence-corrected chi connectivity index (χ0v) is 18.8. The number of nitrogens with zero attached hydrogens (tertiary/aromatic N) is 2. The van der Waals surface area contributed by atoms with Crippen molar-refractivity contribution in [1.29, 1.82) is 0 Å². The van der Waals surface area contributed by atoms with Crippen LogP contribution in [0, 0.1) is 6.92 Å². The van der Waals surface area contributed by atoms with Crippen LogP contribution in [-0.4, -0.2) is 16.9 Å². The largest absolute Gasteiger partial charge is 0.351 e. The fourth-order valence-electron chi connectivity index (χ4n) is 3.24. The van der Waals surface area contributed by atoms with Crippen molar-refractivity contribution >= 4 is 50.0 Å². The van der Waals surface area contributed by atoms with Crippen LogP contribution in [0.2, 0.25) is 0 Å². The van der Waals surface area contributed by atoms with E-state index in [0.29, 0.717) is 32.8 Å². The number of benzene rings is 2. The van der Waals surface area contributed by atoms with Crippen molar-refractivity contribution in [2.45, 2.75) is 32.2 Å². The van der Waals surface area contributed by atoms with Crippen LogP contribution in [0.5, 0.6) is 0 Å². The van der Waals surface area contributed by atoms with Crippen molar-refractivity contribution in [3.05, 3.63) is 74.7 Å². The first-order chi connectivity index (χ1) is 14.4. The van der Waals surface area contributed by atoms with Gasteiger partial charge in [0, 0.05) is 6.54 Å². The van der Waals surface area contributed by atoms with E-state index in [1.165, 1.54) is 10.5 Å². The van der Waals surface area contributed by atoms with E-state index in [1.54, 1.807) is 0 Å². The van der Waals surface area contributed by atoms with Gasteiger partial charge in [-0.3, -0.25) is 4.79 Å². The Kier molecular flexibility index (Phi) is 5.87. The van der Waals surface area contributed by atoms with Gasteiger partial charge in [-0.15, -0.1) is 0 Å². The molecule has 0 radical (unpaired) electrons. The lowest BCUT2D eigenvalue weighted by Gasteiger charge is -2.20. The molecule has 6 nitrogen and oxygen atoms in total. The third-order valence-electron chi connectivity index (χ3n) is 5.01. The van der Waals surface area contributed by atoms with Crippen LogP contribution in [-0.2, 0) is 6.54 Å². The van der Waals surface area contributed by atoms with Crippen molar-refractivity contribution in [2.75, 3.05) is 4.90 Å². The summed E-state index contributed by atoms with van der Waals surface area (Å²) in [6.45, 7) is 2.33. The number of nitrogens with two attached hydrogens (primary N) is 1. The van der Waals surface area contributed by atoms with Crippen molar-refractivity contribution in [1.82, 2.24) is 10.3 Å².